The Balaban J connectivity index is 0.00000147. The molecule has 0 radical (unpaired) electrons. The molecule has 1 saturated heterocycles. The lowest BCUT2D eigenvalue weighted by Crippen LogP contribution is -2.27. The molecule has 0 spiro atoms. The summed E-state index contributed by atoms with van der Waals surface area (Å²) in [5.41, 5.74) is 8.25. The lowest BCUT2D eigenvalue weighted by Gasteiger charge is -2.28. The predicted octanol–water partition coefficient (Wildman–Crippen LogP) is 3.74. The van der Waals surface area contributed by atoms with Crippen molar-refractivity contribution in [3.05, 3.63) is 41.0 Å². The summed E-state index contributed by atoms with van der Waals surface area (Å²) in [5, 5.41) is 1.61. The molecule has 2 aromatic rings. The number of pyridine rings is 1. The van der Waals surface area contributed by atoms with Crippen LogP contribution in [-0.4, -0.2) is 18.2 Å². The summed E-state index contributed by atoms with van der Waals surface area (Å²) in [7, 11) is 0. The highest BCUT2D eigenvalue weighted by molar-refractivity contribution is 6.30. The van der Waals surface area contributed by atoms with E-state index < -0.39 is 0 Å². The van der Waals surface area contributed by atoms with E-state index in [0.29, 0.717) is 11.1 Å². The smallest absolute Gasteiger partial charge is 0.134 e. The van der Waals surface area contributed by atoms with E-state index in [9.17, 15) is 0 Å². The van der Waals surface area contributed by atoms with Gasteiger partial charge in [-0.05, 0) is 30.9 Å². The third-order valence-corrected chi connectivity index (χ3v) is 4.14. The minimum atomic E-state index is -0.0616. The van der Waals surface area contributed by atoms with Gasteiger partial charge in [0.05, 0.1) is 5.52 Å². The van der Waals surface area contributed by atoms with E-state index in [4.69, 9.17) is 22.1 Å². The second-order valence-electron chi connectivity index (χ2n) is 5.04. The van der Waals surface area contributed by atoms with Gasteiger partial charge < -0.3 is 10.5 Å². The number of hydrogen-bond donors (Lipinski definition) is 1. The Morgan fingerprint density at radius 3 is 2.70 bits per heavy atom. The number of nitrogens with zero attached hydrogens (tertiary/aromatic N) is 1. The van der Waals surface area contributed by atoms with Crippen molar-refractivity contribution >= 4 is 34.9 Å². The van der Waals surface area contributed by atoms with Crippen LogP contribution >= 0.6 is 24.0 Å². The first-order chi connectivity index (χ1) is 9.25. The van der Waals surface area contributed by atoms with E-state index in [1.165, 1.54) is 0 Å². The van der Waals surface area contributed by atoms with E-state index in [-0.39, 0.29) is 18.4 Å². The number of nitrogens with two attached hydrogens (primary N) is 1. The van der Waals surface area contributed by atoms with Crippen LogP contribution in [0.4, 0.5) is 0 Å². The quantitative estimate of drug-likeness (QED) is 0.859. The van der Waals surface area contributed by atoms with Crippen LogP contribution in [0.5, 0.6) is 0 Å². The number of ether oxygens (including phenoxy) is 1. The molecule has 0 unspecified atom stereocenters. The Hall–Kier alpha value is -0.870. The number of rotatable bonds is 2. The molecule has 1 aliphatic heterocycles. The van der Waals surface area contributed by atoms with Gasteiger partial charge in [-0.1, -0.05) is 29.8 Å². The van der Waals surface area contributed by atoms with Crippen LogP contribution in [0.25, 0.3) is 10.9 Å². The summed E-state index contributed by atoms with van der Waals surface area (Å²) in [4.78, 5) is 4.45. The molecule has 20 heavy (non-hydrogen) atoms. The fraction of sp³-hybridized carbons (Fsp3) is 0.400. The lowest BCUT2D eigenvalue weighted by molar-refractivity contribution is 0.0583. The van der Waals surface area contributed by atoms with Gasteiger partial charge >= 0.3 is 0 Å². The number of benzene rings is 1. The maximum Gasteiger partial charge on any atom is 0.134 e. The Morgan fingerprint density at radius 2 is 1.95 bits per heavy atom. The van der Waals surface area contributed by atoms with Gasteiger partial charge in [-0.2, -0.15) is 0 Å². The van der Waals surface area contributed by atoms with Crippen molar-refractivity contribution in [1.82, 2.24) is 4.98 Å². The van der Waals surface area contributed by atoms with Crippen molar-refractivity contribution in [2.45, 2.75) is 18.9 Å². The molecule has 1 fully saturated rings. The molecule has 2 heterocycles. The van der Waals surface area contributed by atoms with E-state index in [2.05, 4.69) is 11.1 Å². The molecule has 3 rings (SSSR count). The van der Waals surface area contributed by atoms with E-state index in [1.807, 2.05) is 24.3 Å². The maximum absolute atomic E-state index is 6.38. The summed E-state index contributed by atoms with van der Waals surface area (Å²) in [5.74, 6) is 0.425. The van der Waals surface area contributed by atoms with Crippen LogP contribution in [-0.2, 0) is 4.74 Å². The van der Waals surface area contributed by atoms with Gasteiger partial charge in [0.15, 0.2) is 0 Å². The molecular weight excluding hydrogens is 295 g/mol. The van der Waals surface area contributed by atoms with E-state index >= 15 is 0 Å². The van der Waals surface area contributed by atoms with Crippen LogP contribution in [0.1, 0.15) is 24.4 Å². The van der Waals surface area contributed by atoms with Gasteiger partial charge in [0.1, 0.15) is 5.15 Å². The van der Waals surface area contributed by atoms with Gasteiger partial charge in [-0.15, -0.1) is 12.4 Å². The molecule has 5 heteroatoms. The predicted molar refractivity (Wildman–Crippen MR) is 84.5 cm³/mol. The molecule has 1 aromatic carbocycles. The van der Waals surface area contributed by atoms with Gasteiger partial charge in [0.25, 0.3) is 0 Å². The van der Waals surface area contributed by atoms with Crippen molar-refractivity contribution < 1.29 is 4.74 Å². The zero-order valence-corrected chi connectivity index (χ0v) is 12.7. The van der Waals surface area contributed by atoms with E-state index in [1.54, 1.807) is 0 Å². The summed E-state index contributed by atoms with van der Waals surface area (Å²) in [6.45, 7) is 1.58. The molecule has 1 aromatic heterocycles. The Morgan fingerprint density at radius 1 is 1.25 bits per heavy atom. The SMILES string of the molecule is Cl.N[C@H](c1cc2ccccc2nc1Cl)C1CCOCC1. The molecule has 108 valence electrons. The molecule has 0 bridgehead atoms. The Labute approximate surface area is 129 Å². The average Bonchev–Trinajstić information content (AvgIpc) is 2.47. The van der Waals surface area contributed by atoms with Crippen LogP contribution in [0.15, 0.2) is 30.3 Å². The van der Waals surface area contributed by atoms with Gasteiger partial charge in [0, 0.05) is 30.2 Å². The van der Waals surface area contributed by atoms with Gasteiger partial charge in [-0.25, -0.2) is 4.98 Å². The second-order valence-corrected chi connectivity index (χ2v) is 5.39. The molecule has 1 aliphatic rings. The third kappa shape index (κ3) is 3.07. The van der Waals surface area contributed by atoms with Crippen molar-refractivity contribution in [3.8, 4) is 0 Å². The van der Waals surface area contributed by atoms with Gasteiger partial charge in [-0.3, -0.25) is 0 Å². The largest absolute Gasteiger partial charge is 0.381 e. The first-order valence-corrected chi connectivity index (χ1v) is 7.02. The molecule has 1 atom stereocenters. The number of para-hydroxylation sites is 1. The summed E-state index contributed by atoms with van der Waals surface area (Å²) in [6, 6.07) is 9.98. The fourth-order valence-electron chi connectivity index (χ4n) is 2.67. The first-order valence-electron chi connectivity index (χ1n) is 6.64. The van der Waals surface area contributed by atoms with Crippen molar-refractivity contribution in [2.75, 3.05) is 13.2 Å². The fourth-order valence-corrected chi connectivity index (χ4v) is 2.94. The number of halogens is 2. The van der Waals surface area contributed by atoms with Crippen molar-refractivity contribution in [3.63, 3.8) is 0 Å². The van der Waals surface area contributed by atoms with E-state index in [0.717, 1.165) is 42.5 Å². The standard InChI is InChI=1S/C15H17ClN2O.ClH/c16-15-12(14(17)10-5-7-19-8-6-10)9-11-3-1-2-4-13(11)18-15;/h1-4,9-10,14H,5-8,17H2;1H/t14-;/m0./s1. The van der Waals surface area contributed by atoms with Crippen molar-refractivity contribution in [2.24, 2.45) is 11.7 Å². The number of fused-ring (bicyclic) bond motifs is 1. The number of hydrogen-bond acceptors (Lipinski definition) is 3. The monoisotopic (exact) mass is 312 g/mol. The van der Waals surface area contributed by atoms with Crippen LogP contribution < -0.4 is 5.73 Å². The van der Waals surface area contributed by atoms with Crippen LogP contribution in [0.2, 0.25) is 5.15 Å². The molecule has 0 amide bonds. The lowest BCUT2D eigenvalue weighted by atomic mass is 9.88. The van der Waals surface area contributed by atoms with Crippen molar-refractivity contribution in [1.29, 1.82) is 0 Å². The summed E-state index contributed by atoms with van der Waals surface area (Å²) < 4.78 is 5.38. The third-order valence-electron chi connectivity index (χ3n) is 3.84. The highest BCUT2D eigenvalue weighted by atomic mass is 35.5. The summed E-state index contributed by atoms with van der Waals surface area (Å²) in [6.07, 6.45) is 1.98. The minimum Gasteiger partial charge on any atom is -0.381 e. The highest BCUT2D eigenvalue weighted by Gasteiger charge is 2.24. The van der Waals surface area contributed by atoms with Crippen LogP contribution in [0.3, 0.4) is 0 Å². The van der Waals surface area contributed by atoms with Gasteiger partial charge in [0.2, 0.25) is 0 Å². The summed E-state index contributed by atoms with van der Waals surface area (Å²) >= 11 is 6.29. The maximum atomic E-state index is 6.38. The average molecular weight is 313 g/mol. The second kappa shape index (κ2) is 6.72. The zero-order valence-electron chi connectivity index (χ0n) is 11.1. The molecule has 2 N–H and O–H groups in total. The Bertz CT molecular complexity index is 585. The normalized spacial score (nSPS) is 17.7. The molecule has 3 nitrogen and oxygen atoms in total. The highest BCUT2D eigenvalue weighted by Crippen LogP contribution is 2.32. The molecule has 0 saturated carbocycles. The zero-order chi connectivity index (χ0) is 13.2. The molecule has 0 aliphatic carbocycles. The molecular formula is C15H18Cl2N2O. The Kier molecular flexibility index (Phi) is 5.22. The topological polar surface area (TPSA) is 48.1 Å². The minimum absolute atomic E-state index is 0. The number of aromatic nitrogens is 1. The van der Waals surface area contributed by atoms with Crippen LogP contribution in [0, 0.1) is 5.92 Å². The first kappa shape index (κ1) is 15.5.